The summed E-state index contributed by atoms with van der Waals surface area (Å²) < 4.78 is 10.7. The molecular weight excluding hydrogens is 228 g/mol. The molecule has 1 aromatic rings. The molecule has 1 aliphatic heterocycles. The summed E-state index contributed by atoms with van der Waals surface area (Å²) in [5.74, 6) is 2.92. The van der Waals surface area contributed by atoms with Gasteiger partial charge in [-0.1, -0.05) is 13.8 Å². The summed E-state index contributed by atoms with van der Waals surface area (Å²) in [5, 5.41) is 6.71. The second-order valence-electron chi connectivity index (χ2n) is 5.01. The number of hydrogen-bond donors (Lipinski definition) is 2. The third kappa shape index (κ3) is 3.07. The third-order valence-electron chi connectivity index (χ3n) is 3.35. The maximum atomic E-state index is 5.37. The zero-order valence-electron chi connectivity index (χ0n) is 11.3. The number of anilines is 1. The Morgan fingerprint density at radius 3 is 2.67 bits per heavy atom. The molecule has 0 saturated heterocycles. The highest BCUT2D eigenvalue weighted by atomic mass is 16.7. The highest BCUT2D eigenvalue weighted by Gasteiger charge is 2.15. The van der Waals surface area contributed by atoms with E-state index in [0.717, 1.165) is 30.3 Å². The van der Waals surface area contributed by atoms with E-state index >= 15 is 0 Å². The minimum atomic E-state index is 0.327. The lowest BCUT2D eigenvalue weighted by atomic mass is 9.95. The zero-order valence-corrected chi connectivity index (χ0v) is 11.3. The molecule has 2 rings (SSSR count). The number of fused-ring (bicyclic) bond motifs is 1. The zero-order chi connectivity index (χ0) is 13.0. The Morgan fingerprint density at radius 1 is 1.17 bits per heavy atom. The topological polar surface area (TPSA) is 42.5 Å². The van der Waals surface area contributed by atoms with E-state index in [4.69, 9.17) is 9.47 Å². The van der Waals surface area contributed by atoms with Crippen LogP contribution in [0.15, 0.2) is 18.2 Å². The maximum absolute atomic E-state index is 5.37. The summed E-state index contributed by atoms with van der Waals surface area (Å²) in [7, 11) is 2.00. The van der Waals surface area contributed by atoms with Crippen molar-refractivity contribution in [1.82, 2.24) is 5.32 Å². The predicted molar refractivity (Wildman–Crippen MR) is 73.3 cm³/mol. The van der Waals surface area contributed by atoms with E-state index in [1.807, 2.05) is 25.2 Å². The van der Waals surface area contributed by atoms with E-state index in [1.54, 1.807) is 0 Å². The van der Waals surface area contributed by atoms with Crippen LogP contribution >= 0.6 is 0 Å². The van der Waals surface area contributed by atoms with Gasteiger partial charge in [0.2, 0.25) is 6.79 Å². The lowest BCUT2D eigenvalue weighted by Crippen LogP contribution is -2.29. The van der Waals surface area contributed by atoms with Crippen LogP contribution in [0.3, 0.4) is 0 Å². The molecule has 4 heteroatoms. The third-order valence-corrected chi connectivity index (χ3v) is 3.35. The summed E-state index contributed by atoms with van der Waals surface area (Å²) >= 11 is 0. The Morgan fingerprint density at radius 2 is 1.94 bits per heavy atom. The highest BCUT2D eigenvalue weighted by molar-refractivity contribution is 5.55. The van der Waals surface area contributed by atoms with Crippen molar-refractivity contribution in [1.29, 1.82) is 0 Å². The summed E-state index contributed by atoms with van der Waals surface area (Å²) in [6.07, 6.45) is 0. The summed E-state index contributed by atoms with van der Waals surface area (Å²) in [6, 6.07) is 5.98. The van der Waals surface area contributed by atoms with Gasteiger partial charge in [0.1, 0.15) is 0 Å². The fourth-order valence-corrected chi connectivity index (χ4v) is 2.06. The normalized spacial score (nSPS) is 14.9. The average Bonchev–Trinajstić information content (AvgIpc) is 2.81. The number of hydrogen-bond acceptors (Lipinski definition) is 4. The molecule has 0 amide bonds. The van der Waals surface area contributed by atoms with Crippen LogP contribution in [0.1, 0.15) is 13.8 Å². The first kappa shape index (κ1) is 13.0. The molecule has 1 atom stereocenters. The first-order valence-corrected chi connectivity index (χ1v) is 6.49. The van der Waals surface area contributed by atoms with Crippen molar-refractivity contribution in [2.75, 3.05) is 32.2 Å². The van der Waals surface area contributed by atoms with Crippen LogP contribution in [0, 0.1) is 11.8 Å². The van der Waals surface area contributed by atoms with Gasteiger partial charge < -0.3 is 20.1 Å². The molecule has 0 bridgehead atoms. The van der Waals surface area contributed by atoms with E-state index in [2.05, 4.69) is 24.5 Å². The second-order valence-corrected chi connectivity index (χ2v) is 5.01. The van der Waals surface area contributed by atoms with Gasteiger partial charge in [-0.2, -0.15) is 0 Å². The van der Waals surface area contributed by atoms with Gasteiger partial charge in [0.25, 0.3) is 0 Å². The van der Waals surface area contributed by atoms with Gasteiger partial charge >= 0.3 is 0 Å². The molecule has 0 radical (unpaired) electrons. The van der Waals surface area contributed by atoms with Gasteiger partial charge in [0, 0.05) is 18.3 Å². The van der Waals surface area contributed by atoms with Crippen molar-refractivity contribution in [2.24, 2.45) is 11.8 Å². The minimum Gasteiger partial charge on any atom is -0.454 e. The van der Waals surface area contributed by atoms with Crippen LogP contribution in [-0.4, -0.2) is 26.9 Å². The van der Waals surface area contributed by atoms with E-state index in [0.29, 0.717) is 18.6 Å². The molecule has 4 nitrogen and oxygen atoms in total. The monoisotopic (exact) mass is 250 g/mol. The maximum Gasteiger partial charge on any atom is 0.231 e. The number of rotatable bonds is 6. The van der Waals surface area contributed by atoms with Crippen molar-refractivity contribution in [2.45, 2.75) is 13.8 Å². The number of benzene rings is 1. The first-order valence-electron chi connectivity index (χ1n) is 6.49. The summed E-state index contributed by atoms with van der Waals surface area (Å²) in [4.78, 5) is 0. The second kappa shape index (κ2) is 5.96. The molecular formula is C14H22N2O2. The quantitative estimate of drug-likeness (QED) is 0.813. The van der Waals surface area contributed by atoms with E-state index in [9.17, 15) is 0 Å². The Balaban J connectivity index is 1.93. The lowest BCUT2D eigenvalue weighted by Gasteiger charge is -2.21. The Labute approximate surface area is 109 Å². The Kier molecular flexibility index (Phi) is 4.31. The van der Waals surface area contributed by atoms with Crippen LogP contribution < -0.4 is 20.1 Å². The fourth-order valence-electron chi connectivity index (χ4n) is 2.06. The van der Waals surface area contributed by atoms with Crippen molar-refractivity contribution in [3.63, 3.8) is 0 Å². The van der Waals surface area contributed by atoms with Gasteiger partial charge in [0.05, 0.1) is 0 Å². The molecule has 100 valence electrons. The fraction of sp³-hybridized carbons (Fsp3) is 0.571. The molecule has 1 aliphatic rings. The van der Waals surface area contributed by atoms with Gasteiger partial charge in [-0.25, -0.2) is 0 Å². The molecule has 1 unspecified atom stereocenters. The number of ether oxygens (including phenoxy) is 2. The molecule has 0 spiro atoms. The molecule has 0 aliphatic carbocycles. The summed E-state index contributed by atoms with van der Waals surface area (Å²) in [6.45, 7) is 6.81. The summed E-state index contributed by atoms with van der Waals surface area (Å²) in [5.41, 5.74) is 1.08. The highest BCUT2D eigenvalue weighted by Crippen LogP contribution is 2.34. The molecule has 18 heavy (non-hydrogen) atoms. The van der Waals surface area contributed by atoms with Crippen molar-refractivity contribution < 1.29 is 9.47 Å². The molecule has 1 heterocycles. The van der Waals surface area contributed by atoms with Crippen LogP contribution in [0.5, 0.6) is 11.5 Å². The van der Waals surface area contributed by atoms with Gasteiger partial charge in [0.15, 0.2) is 11.5 Å². The smallest absolute Gasteiger partial charge is 0.231 e. The molecule has 0 aromatic heterocycles. The van der Waals surface area contributed by atoms with Crippen LogP contribution in [0.2, 0.25) is 0 Å². The molecule has 2 N–H and O–H groups in total. The lowest BCUT2D eigenvalue weighted by molar-refractivity contribution is 0.174. The largest absolute Gasteiger partial charge is 0.454 e. The van der Waals surface area contributed by atoms with Crippen LogP contribution in [0.4, 0.5) is 5.69 Å². The standard InChI is InChI=1S/C14H22N2O2/c1-10(2)11(7-15-3)8-16-12-4-5-13-14(6-12)18-9-17-13/h4-6,10-11,15-16H,7-9H2,1-3H3. The number of nitrogens with one attached hydrogen (secondary N) is 2. The van der Waals surface area contributed by atoms with E-state index < -0.39 is 0 Å². The first-order chi connectivity index (χ1) is 8.70. The van der Waals surface area contributed by atoms with Crippen molar-refractivity contribution in [3.8, 4) is 11.5 Å². The molecule has 1 aromatic carbocycles. The van der Waals surface area contributed by atoms with Crippen molar-refractivity contribution >= 4 is 5.69 Å². The predicted octanol–water partition coefficient (Wildman–Crippen LogP) is 2.32. The van der Waals surface area contributed by atoms with Gasteiger partial charge in [-0.3, -0.25) is 0 Å². The van der Waals surface area contributed by atoms with Gasteiger partial charge in [-0.05, 0) is 37.6 Å². The Bertz CT molecular complexity index is 393. The van der Waals surface area contributed by atoms with E-state index in [-0.39, 0.29) is 0 Å². The van der Waals surface area contributed by atoms with Crippen LogP contribution in [-0.2, 0) is 0 Å². The Hall–Kier alpha value is -1.42. The minimum absolute atomic E-state index is 0.327. The van der Waals surface area contributed by atoms with Gasteiger partial charge in [-0.15, -0.1) is 0 Å². The van der Waals surface area contributed by atoms with Crippen LogP contribution in [0.25, 0.3) is 0 Å². The molecule has 0 saturated carbocycles. The SMILES string of the molecule is CNCC(CNc1ccc2c(c1)OCO2)C(C)C. The van der Waals surface area contributed by atoms with E-state index in [1.165, 1.54) is 0 Å². The average molecular weight is 250 g/mol. The molecule has 0 fully saturated rings. The van der Waals surface area contributed by atoms with Crippen molar-refractivity contribution in [3.05, 3.63) is 18.2 Å².